The molecular formula is C16H22N2O4S. The molecule has 0 aliphatic carbocycles. The van der Waals surface area contributed by atoms with E-state index in [0.717, 1.165) is 6.42 Å². The number of hydrogen-bond donors (Lipinski definition) is 2. The SMILES string of the molecule is CCCC(NC(=O)CCC(=O)N1CCc2sccc2C1)C(=O)O. The zero-order chi connectivity index (χ0) is 16.8. The maximum absolute atomic E-state index is 12.2. The topological polar surface area (TPSA) is 86.7 Å². The molecule has 1 aromatic rings. The summed E-state index contributed by atoms with van der Waals surface area (Å²) in [4.78, 5) is 38.2. The summed E-state index contributed by atoms with van der Waals surface area (Å²) < 4.78 is 0. The number of carboxylic acid groups (broad SMARTS) is 1. The summed E-state index contributed by atoms with van der Waals surface area (Å²) in [5, 5.41) is 13.5. The van der Waals surface area contributed by atoms with Crippen LogP contribution in [0.1, 0.15) is 43.0 Å². The van der Waals surface area contributed by atoms with Crippen LogP contribution in [-0.4, -0.2) is 40.4 Å². The second-order valence-corrected chi connectivity index (χ2v) is 6.68. The van der Waals surface area contributed by atoms with Gasteiger partial charge in [0.2, 0.25) is 11.8 Å². The molecule has 2 N–H and O–H groups in total. The lowest BCUT2D eigenvalue weighted by atomic mass is 10.1. The Morgan fingerprint density at radius 3 is 2.87 bits per heavy atom. The molecule has 2 rings (SSSR count). The predicted molar refractivity (Wildman–Crippen MR) is 87.1 cm³/mol. The van der Waals surface area contributed by atoms with Crippen molar-refractivity contribution in [2.75, 3.05) is 6.54 Å². The van der Waals surface area contributed by atoms with E-state index in [0.29, 0.717) is 25.9 Å². The van der Waals surface area contributed by atoms with Crippen LogP contribution >= 0.6 is 11.3 Å². The van der Waals surface area contributed by atoms with Crippen molar-refractivity contribution >= 4 is 29.1 Å². The van der Waals surface area contributed by atoms with E-state index in [-0.39, 0.29) is 24.7 Å². The molecule has 0 saturated heterocycles. The van der Waals surface area contributed by atoms with Gasteiger partial charge in [-0.25, -0.2) is 4.79 Å². The summed E-state index contributed by atoms with van der Waals surface area (Å²) in [6.45, 7) is 3.15. The fraction of sp³-hybridized carbons (Fsp3) is 0.562. The van der Waals surface area contributed by atoms with Crippen LogP contribution in [0.4, 0.5) is 0 Å². The first-order chi connectivity index (χ1) is 11.0. The minimum Gasteiger partial charge on any atom is -0.480 e. The van der Waals surface area contributed by atoms with Gasteiger partial charge in [-0.3, -0.25) is 9.59 Å². The van der Waals surface area contributed by atoms with E-state index in [9.17, 15) is 14.4 Å². The fourth-order valence-corrected chi connectivity index (χ4v) is 3.54. The van der Waals surface area contributed by atoms with Crippen LogP contribution in [0.15, 0.2) is 11.4 Å². The molecule has 1 aliphatic heterocycles. The van der Waals surface area contributed by atoms with Crippen LogP contribution < -0.4 is 5.32 Å². The molecule has 0 spiro atoms. The molecule has 7 heteroatoms. The molecular weight excluding hydrogens is 316 g/mol. The van der Waals surface area contributed by atoms with Crippen molar-refractivity contribution in [3.05, 3.63) is 21.9 Å². The highest BCUT2D eigenvalue weighted by molar-refractivity contribution is 7.10. The Balaban J connectivity index is 1.78. The summed E-state index contributed by atoms with van der Waals surface area (Å²) >= 11 is 1.71. The number of carbonyl (C=O) groups is 3. The molecule has 1 aromatic heterocycles. The lowest BCUT2D eigenvalue weighted by molar-refractivity contribution is -0.142. The third kappa shape index (κ3) is 4.79. The lowest BCUT2D eigenvalue weighted by Gasteiger charge is -2.27. The molecule has 0 fully saturated rings. The zero-order valence-electron chi connectivity index (χ0n) is 13.2. The smallest absolute Gasteiger partial charge is 0.326 e. The van der Waals surface area contributed by atoms with Crippen molar-refractivity contribution in [3.8, 4) is 0 Å². The number of fused-ring (bicyclic) bond motifs is 1. The Hall–Kier alpha value is -1.89. The number of thiophene rings is 1. The van der Waals surface area contributed by atoms with E-state index in [1.165, 1.54) is 10.4 Å². The average Bonchev–Trinajstić information content (AvgIpc) is 2.99. The largest absolute Gasteiger partial charge is 0.480 e. The summed E-state index contributed by atoms with van der Waals surface area (Å²) in [7, 11) is 0. The maximum atomic E-state index is 12.2. The minimum absolute atomic E-state index is 0.0271. The van der Waals surface area contributed by atoms with Gasteiger partial charge in [-0.2, -0.15) is 0 Å². The second kappa shape index (κ2) is 8.10. The van der Waals surface area contributed by atoms with Crippen molar-refractivity contribution in [2.45, 2.75) is 51.6 Å². The number of nitrogens with one attached hydrogen (secondary N) is 1. The van der Waals surface area contributed by atoms with Gasteiger partial charge in [0.15, 0.2) is 0 Å². The third-order valence-corrected chi connectivity index (χ3v) is 4.96. The number of carboxylic acids is 1. The number of amides is 2. The first kappa shape index (κ1) is 17.5. The first-order valence-electron chi connectivity index (χ1n) is 7.86. The van der Waals surface area contributed by atoms with E-state index >= 15 is 0 Å². The van der Waals surface area contributed by atoms with Gasteiger partial charge in [-0.1, -0.05) is 13.3 Å². The number of carbonyl (C=O) groups excluding carboxylic acids is 2. The summed E-state index contributed by atoms with van der Waals surface area (Å²) in [5.74, 6) is -1.47. The number of aliphatic carboxylic acids is 1. The van der Waals surface area contributed by atoms with Gasteiger partial charge in [0.05, 0.1) is 0 Å². The molecule has 2 amide bonds. The highest BCUT2D eigenvalue weighted by Crippen LogP contribution is 2.24. The average molecular weight is 338 g/mol. The van der Waals surface area contributed by atoms with Crippen molar-refractivity contribution in [3.63, 3.8) is 0 Å². The van der Waals surface area contributed by atoms with Gasteiger partial charge >= 0.3 is 5.97 Å². The van der Waals surface area contributed by atoms with Crippen LogP contribution in [0.5, 0.6) is 0 Å². The molecule has 1 unspecified atom stereocenters. The highest BCUT2D eigenvalue weighted by Gasteiger charge is 2.23. The van der Waals surface area contributed by atoms with Crippen LogP contribution in [0.3, 0.4) is 0 Å². The molecule has 0 saturated carbocycles. The van der Waals surface area contributed by atoms with Crippen LogP contribution in [0.2, 0.25) is 0 Å². The quantitative estimate of drug-likeness (QED) is 0.793. The van der Waals surface area contributed by atoms with Gasteiger partial charge in [-0.05, 0) is 29.9 Å². The number of nitrogens with zero attached hydrogens (tertiary/aromatic N) is 1. The monoisotopic (exact) mass is 338 g/mol. The van der Waals surface area contributed by atoms with E-state index < -0.39 is 12.0 Å². The molecule has 23 heavy (non-hydrogen) atoms. The molecule has 0 bridgehead atoms. The maximum Gasteiger partial charge on any atom is 0.326 e. The van der Waals surface area contributed by atoms with E-state index in [1.54, 1.807) is 16.2 Å². The fourth-order valence-electron chi connectivity index (χ4n) is 2.65. The highest BCUT2D eigenvalue weighted by atomic mass is 32.1. The third-order valence-electron chi connectivity index (χ3n) is 3.94. The summed E-state index contributed by atoms with van der Waals surface area (Å²) in [5.41, 5.74) is 1.19. The Bertz CT molecular complexity index is 584. The Morgan fingerprint density at radius 2 is 2.17 bits per heavy atom. The van der Waals surface area contributed by atoms with E-state index in [1.807, 2.05) is 18.4 Å². The molecule has 0 aromatic carbocycles. The minimum atomic E-state index is -1.03. The van der Waals surface area contributed by atoms with Crippen molar-refractivity contribution < 1.29 is 19.5 Å². The standard InChI is InChI=1S/C16H22N2O4S/c1-2-3-12(16(21)22)17-14(19)4-5-15(20)18-8-6-13-11(10-18)7-9-23-13/h7,9,12H,2-6,8,10H2,1H3,(H,17,19)(H,21,22). The summed E-state index contributed by atoms with van der Waals surface area (Å²) in [6.07, 6.45) is 2.07. The molecule has 6 nitrogen and oxygen atoms in total. The second-order valence-electron chi connectivity index (χ2n) is 5.68. The van der Waals surface area contributed by atoms with Crippen molar-refractivity contribution in [1.82, 2.24) is 10.2 Å². The van der Waals surface area contributed by atoms with Gasteiger partial charge < -0.3 is 15.3 Å². The van der Waals surface area contributed by atoms with Gasteiger partial charge in [0, 0.05) is 30.8 Å². The van der Waals surface area contributed by atoms with E-state index in [2.05, 4.69) is 5.32 Å². The van der Waals surface area contributed by atoms with Gasteiger partial charge in [-0.15, -0.1) is 11.3 Å². The molecule has 2 heterocycles. The molecule has 1 aliphatic rings. The molecule has 0 radical (unpaired) electrons. The normalized spacial score (nSPS) is 14.9. The van der Waals surface area contributed by atoms with Gasteiger partial charge in [0.25, 0.3) is 0 Å². The van der Waals surface area contributed by atoms with Crippen LogP contribution in [-0.2, 0) is 27.3 Å². The Morgan fingerprint density at radius 1 is 1.39 bits per heavy atom. The van der Waals surface area contributed by atoms with Crippen molar-refractivity contribution in [2.24, 2.45) is 0 Å². The molecule has 126 valence electrons. The number of hydrogen-bond acceptors (Lipinski definition) is 4. The van der Waals surface area contributed by atoms with Crippen LogP contribution in [0, 0.1) is 0 Å². The predicted octanol–water partition coefficient (Wildman–Crippen LogP) is 1.78. The van der Waals surface area contributed by atoms with Crippen molar-refractivity contribution in [1.29, 1.82) is 0 Å². The summed E-state index contributed by atoms with van der Waals surface area (Å²) in [6, 6.07) is 1.17. The molecule has 1 atom stereocenters. The van der Waals surface area contributed by atoms with Crippen LogP contribution in [0.25, 0.3) is 0 Å². The first-order valence-corrected chi connectivity index (χ1v) is 8.74. The lowest BCUT2D eigenvalue weighted by Crippen LogP contribution is -2.41. The Kier molecular flexibility index (Phi) is 6.15. The zero-order valence-corrected chi connectivity index (χ0v) is 14.0. The van der Waals surface area contributed by atoms with E-state index in [4.69, 9.17) is 5.11 Å². The van der Waals surface area contributed by atoms with Gasteiger partial charge in [0.1, 0.15) is 6.04 Å². The Labute approximate surface area is 139 Å². The number of rotatable bonds is 7.